The molecule has 0 aromatic carbocycles. The molecular weight excluding hydrogens is 174 g/mol. The van der Waals surface area contributed by atoms with Crippen molar-refractivity contribution in [2.45, 2.75) is 38.0 Å². The number of halogens is 1. The van der Waals surface area contributed by atoms with Gasteiger partial charge in [0.05, 0.1) is 0 Å². The van der Waals surface area contributed by atoms with Gasteiger partial charge >= 0.3 is 0 Å². The molecule has 0 radical (unpaired) electrons. The molecular formula is C9H16ClNO. The number of rotatable bonds is 3. The third kappa shape index (κ3) is 2.37. The highest BCUT2D eigenvalue weighted by molar-refractivity contribution is 6.30. The van der Waals surface area contributed by atoms with Crippen molar-refractivity contribution in [1.82, 2.24) is 4.90 Å². The normalized spacial score (nSPS) is 19.7. The fourth-order valence-corrected chi connectivity index (χ4v) is 1.87. The average Bonchev–Trinajstić information content (AvgIpc) is 2.55. The Kier molecular flexibility index (Phi) is 3.86. The molecule has 1 rings (SSSR count). The molecule has 0 aromatic heterocycles. The summed E-state index contributed by atoms with van der Waals surface area (Å²) in [6.45, 7) is 3.87. The van der Waals surface area contributed by atoms with Crippen LogP contribution in [0.3, 0.4) is 0 Å². The van der Waals surface area contributed by atoms with Crippen molar-refractivity contribution in [3.05, 3.63) is 0 Å². The summed E-state index contributed by atoms with van der Waals surface area (Å²) < 4.78 is 0. The van der Waals surface area contributed by atoms with Gasteiger partial charge in [-0.1, -0.05) is 13.3 Å². The molecule has 1 unspecified atom stereocenters. The van der Waals surface area contributed by atoms with E-state index in [1.165, 1.54) is 0 Å². The molecule has 70 valence electrons. The average molecular weight is 190 g/mol. The lowest BCUT2D eigenvalue weighted by Gasteiger charge is -2.18. The second-order valence-corrected chi connectivity index (χ2v) is 3.82. The van der Waals surface area contributed by atoms with Crippen molar-refractivity contribution in [3.63, 3.8) is 0 Å². The van der Waals surface area contributed by atoms with Crippen LogP contribution in [0.15, 0.2) is 0 Å². The van der Waals surface area contributed by atoms with E-state index in [1.54, 1.807) is 0 Å². The van der Waals surface area contributed by atoms with E-state index in [0.29, 0.717) is 0 Å². The molecule has 0 aromatic rings. The fourth-order valence-electron chi connectivity index (χ4n) is 1.51. The smallest absolute Gasteiger partial charge is 0.240 e. The van der Waals surface area contributed by atoms with Crippen LogP contribution in [0.4, 0.5) is 0 Å². The Labute approximate surface area is 78.9 Å². The number of hydrogen-bond acceptors (Lipinski definition) is 1. The van der Waals surface area contributed by atoms with Gasteiger partial charge in [-0.15, -0.1) is 11.6 Å². The number of likely N-dealkylation sites (tertiary alicyclic amines) is 1. The van der Waals surface area contributed by atoms with E-state index in [-0.39, 0.29) is 11.3 Å². The minimum Gasteiger partial charge on any atom is -0.341 e. The van der Waals surface area contributed by atoms with Gasteiger partial charge in [0.25, 0.3) is 0 Å². The highest BCUT2D eigenvalue weighted by atomic mass is 35.5. The Morgan fingerprint density at radius 1 is 1.50 bits per heavy atom. The van der Waals surface area contributed by atoms with Crippen molar-refractivity contribution in [1.29, 1.82) is 0 Å². The van der Waals surface area contributed by atoms with Gasteiger partial charge in [-0.05, 0) is 19.3 Å². The highest BCUT2D eigenvalue weighted by Gasteiger charge is 2.23. The molecule has 1 heterocycles. The van der Waals surface area contributed by atoms with Crippen LogP contribution in [-0.4, -0.2) is 29.3 Å². The van der Waals surface area contributed by atoms with E-state index in [4.69, 9.17) is 11.6 Å². The van der Waals surface area contributed by atoms with Crippen molar-refractivity contribution >= 4 is 17.5 Å². The summed E-state index contributed by atoms with van der Waals surface area (Å²) in [5.41, 5.74) is 0. The maximum Gasteiger partial charge on any atom is 0.240 e. The van der Waals surface area contributed by atoms with Crippen molar-refractivity contribution in [2.24, 2.45) is 0 Å². The second kappa shape index (κ2) is 4.70. The monoisotopic (exact) mass is 189 g/mol. The molecule has 0 bridgehead atoms. The predicted octanol–water partition coefficient (Wildman–Crippen LogP) is 2.02. The summed E-state index contributed by atoms with van der Waals surface area (Å²) in [4.78, 5) is 13.4. The molecule has 0 aliphatic carbocycles. The zero-order valence-electron chi connectivity index (χ0n) is 7.55. The first-order chi connectivity index (χ1) is 5.75. The van der Waals surface area contributed by atoms with Gasteiger partial charge in [-0.2, -0.15) is 0 Å². The van der Waals surface area contributed by atoms with Crippen LogP contribution < -0.4 is 0 Å². The van der Waals surface area contributed by atoms with E-state index in [2.05, 4.69) is 0 Å². The van der Waals surface area contributed by atoms with Crippen molar-refractivity contribution in [2.75, 3.05) is 13.1 Å². The highest BCUT2D eigenvalue weighted by Crippen LogP contribution is 2.14. The van der Waals surface area contributed by atoms with Crippen LogP contribution in [0.1, 0.15) is 32.6 Å². The Morgan fingerprint density at radius 3 is 2.58 bits per heavy atom. The standard InChI is InChI=1S/C9H16ClNO/c1-2-5-8(10)9(12)11-6-3-4-7-11/h8H,2-7H2,1H3. The lowest BCUT2D eigenvalue weighted by molar-refractivity contribution is -0.129. The largest absolute Gasteiger partial charge is 0.341 e. The number of carbonyl (C=O) groups is 1. The number of amides is 1. The zero-order chi connectivity index (χ0) is 8.97. The molecule has 1 aliphatic heterocycles. The maximum atomic E-state index is 11.5. The first-order valence-electron chi connectivity index (χ1n) is 4.68. The van der Waals surface area contributed by atoms with Gasteiger partial charge in [0.15, 0.2) is 0 Å². The lowest BCUT2D eigenvalue weighted by Crippen LogP contribution is -2.34. The molecule has 0 N–H and O–H groups in total. The third-order valence-electron chi connectivity index (χ3n) is 2.23. The summed E-state index contributed by atoms with van der Waals surface area (Å²) in [6.07, 6.45) is 4.06. The van der Waals surface area contributed by atoms with Gasteiger partial charge in [0.1, 0.15) is 5.38 Å². The molecule has 0 saturated carbocycles. The molecule has 2 nitrogen and oxygen atoms in total. The lowest BCUT2D eigenvalue weighted by atomic mass is 10.2. The van der Waals surface area contributed by atoms with Crippen molar-refractivity contribution in [3.8, 4) is 0 Å². The Bertz CT molecular complexity index is 155. The third-order valence-corrected chi connectivity index (χ3v) is 2.63. The molecule has 12 heavy (non-hydrogen) atoms. The van der Waals surface area contributed by atoms with E-state index in [0.717, 1.165) is 38.8 Å². The SMILES string of the molecule is CCCC(Cl)C(=O)N1CCCC1. The van der Waals surface area contributed by atoms with Gasteiger partial charge in [0.2, 0.25) is 5.91 Å². The number of carbonyl (C=O) groups excluding carboxylic acids is 1. The van der Waals surface area contributed by atoms with Crippen LogP contribution in [0.2, 0.25) is 0 Å². The van der Waals surface area contributed by atoms with Crippen LogP contribution in [0.25, 0.3) is 0 Å². The second-order valence-electron chi connectivity index (χ2n) is 3.29. The fraction of sp³-hybridized carbons (Fsp3) is 0.889. The molecule has 3 heteroatoms. The van der Waals surface area contributed by atoms with Crippen molar-refractivity contribution < 1.29 is 4.79 Å². The Morgan fingerprint density at radius 2 is 2.08 bits per heavy atom. The minimum atomic E-state index is -0.284. The Hall–Kier alpha value is -0.240. The van der Waals surface area contributed by atoms with E-state index in [1.807, 2.05) is 11.8 Å². The minimum absolute atomic E-state index is 0.135. The number of nitrogens with zero attached hydrogens (tertiary/aromatic N) is 1. The zero-order valence-corrected chi connectivity index (χ0v) is 8.31. The number of alkyl halides is 1. The summed E-state index contributed by atoms with van der Waals surface area (Å²) in [6, 6.07) is 0. The van der Waals surface area contributed by atoms with Crippen LogP contribution in [-0.2, 0) is 4.79 Å². The van der Waals surface area contributed by atoms with Gasteiger partial charge in [0, 0.05) is 13.1 Å². The first-order valence-corrected chi connectivity index (χ1v) is 5.12. The van der Waals surface area contributed by atoms with Gasteiger partial charge < -0.3 is 4.90 Å². The molecule has 1 amide bonds. The summed E-state index contributed by atoms with van der Waals surface area (Å²) in [7, 11) is 0. The summed E-state index contributed by atoms with van der Waals surface area (Å²) >= 11 is 5.92. The van der Waals surface area contributed by atoms with E-state index < -0.39 is 0 Å². The molecule has 1 aliphatic rings. The van der Waals surface area contributed by atoms with Crippen LogP contribution in [0, 0.1) is 0 Å². The quantitative estimate of drug-likeness (QED) is 0.623. The van der Waals surface area contributed by atoms with E-state index in [9.17, 15) is 4.79 Å². The number of hydrogen-bond donors (Lipinski definition) is 0. The summed E-state index contributed by atoms with van der Waals surface area (Å²) in [5.74, 6) is 0.135. The van der Waals surface area contributed by atoms with Gasteiger partial charge in [-0.25, -0.2) is 0 Å². The molecule has 0 spiro atoms. The molecule has 1 atom stereocenters. The topological polar surface area (TPSA) is 20.3 Å². The maximum absolute atomic E-state index is 11.5. The summed E-state index contributed by atoms with van der Waals surface area (Å²) in [5, 5.41) is -0.284. The van der Waals surface area contributed by atoms with Crippen LogP contribution in [0.5, 0.6) is 0 Å². The first kappa shape index (κ1) is 9.85. The Balaban J connectivity index is 2.34. The predicted molar refractivity (Wildman–Crippen MR) is 50.4 cm³/mol. The van der Waals surface area contributed by atoms with Crippen LogP contribution >= 0.6 is 11.6 Å². The molecule has 1 fully saturated rings. The van der Waals surface area contributed by atoms with Gasteiger partial charge in [-0.3, -0.25) is 4.79 Å². The van der Waals surface area contributed by atoms with E-state index >= 15 is 0 Å². The molecule has 1 saturated heterocycles.